The van der Waals surface area contributed by atoms with Gasteiger partial charge < -0.3 is 15.2 Å². The minimum atomic E-state index is 0.175. The molecule has 0 aromatic carbocycles. The molecule has 2 fully saturated rings. The zero-order chi connectivity index (χ0) is 11.3. The van der Waals surface area contributed by atoms with Gasteiger partial charge >= 0.3 is 0 Å². The van der Waals surface area contributed by atoms with Crippen LogP contribution in [0.15, 0.2) is 0 Å². The van der Waals surface area contributed by atoms with Gasteiger partial charge in [0.05, 0.1) is 6.10 Å². The SMILES string of the molecule is OCC1(CNCC2CCCCO2)CCCC1. The van der Waals surface area contributed by atoms with Crippen molar-refractivity contribution in [3.05, 3.63) is 0 Å². The van der Waals surface area contributed by atoms with Gasteiger partial charge in [-0.2, -0.15) is 0 Å². The molecule has 16 heavy (non-hydrogen) atoms. The first-order valence-electron chi connectivity index (χ1n) is 6.78. The number of hydrogen-bond donors (Lipinski definition) is 2. The van der Waals surface area contributed by atoms with Gasteiger partial charge in [-0.1, -0.05) is 12.8 Å². The maximum Gasteiger partial charge on any atom is 0.0699 e. The second-order valence-electron chi connectivity index (χ2n) is 5.48. The van der Waals surface area contributed by atoms with Crippen molar-refractivity contribution in [1.29, 1.82) is 0 Å². The second kappa shape index (κ2) is 5.99. The monoisotopic (exact) mass is 227 g/mol. The molecule has 0 radical (unpaired) electrons. The summed E-state index contributed by atoms with van der Waals surface area (Å²) < 4.78 is 5.68. The average molecular weight is 227 g/mol. The van der Waals surface area contributed by atoms with Crippen LogP contribution in [-0.4, -0.2) is 37.5 Å². The van der Waals surface area contributed by atoms with E-state index in [0.29, 0.717) is 12.7 Å². The van der Waals surface area contributed by atoms with E-state index in [4.69, 9.17) is 4.74 Å². The summed E-state index contributed by atoms with van der Waals surface area (Å²) in [6.45, 7) is 3.19. The van der Waals surface area contributed by atoms with Gasteiger partial charge in [-0.05, 0) is 32.1 Å². The number of nitrogens with one attached hydrogen (secondary N) is 1. The Labute approximate surface area is 98.6 Å². The summed E-state index contributed by atoms with van der Waals surface area (Å²) in [7, 11) is 0. The third-order valence-corrected chi connectivity index (χ3v) is 4.15. The van der Waals surface area contributed by atoms with E-state index < -0.39 is 0 Å². The molecule has 0 bridgehead atoms. The zero-order valence-corrected chi connectivity index (χ0v) is 10.2. The van der Waals surface area contributed by atoms with Crippen LogP contribution in [0.3, 0.4) is 0 Å². The fraction of sp³-hybridized carbons (Fsp3) is 1.00. The third kappa shape index (κ3) is 3.19. The fourth-order valence-electron chi connectivity index (χ4n) is 2.98. The van der Waals surface area contributed by atoms with Crippen LogP contribution in [0.4, 0.5) is 0 Å². The topological polar surface area (TPSA) is 41.5 Å². The van der Waals surface area contributed by atoms with E-state index in [1.54, 1.807) is 0 Å². The van der Waals surface area contributed by atoms with Crippen LogP contribution in [0, 0.1) is 5.41 Å². The molecule has 1 saturated carbocycles. The summed E-state index contributed by atoms with van der Waals surface area (Å²) in [4.78, 5) is 0. The van der Waals surface area contributed by atoms with Crippen molar-refractivity contribution in [2.24, 2.45) is 5.41 Å². The molecule has 1 aliphatic carbocycles. The van der Waals surface area contributed by atoms with Crippen molar-refractivity contribution in [2.45, 2.75) is 51.0 Å². The maximum absolute atomic E-state index is 9.48. The third-order valence-electron chi connectivity index (χ3n) is 4.15. The molecule has 1 unspecified atom stereocenters. The standard InChI is InChI=1S/C13H25NO2/c15-11-13(6-2-3-7-13)10-14-9-12-5-1-4-8-16-12/h12,14-15H,1-11H2. The molecule has 0 aromatic rings. The van der Waals surface area contributed by atoms with Crippen molar-refractivity contribution in [1.82, 2.24) is 5.32 Å². The molecule has 1 heterocycles. The lowest BCUT2D eigenvalue weighted by atomic mass is 9.87. The first-order valence-corrected chi connectivity index (χ1v) is 6.78. The minimum absolute atomic E-state index is 0.175. The Kier molecular flexibility index (Phi) is 4.62. The Morgan fingerprint density at radius 1 is 1.19 bits per heavy atom. The number of aliphatic hydroxyl groups excluding tert-OH is 1. The van der Waals surface area contributed by atoms with Gasteiger partial charge in [0.1, 0.15) is 0 Å². The zero-order valence-electron chi connectivity index (χ0n) is 10.2. The van der Waals surface area contributed by atoms with Crippen LogP contribution in [0.5, 0.6) is 0 Å². The lowest BCUT2D eigenvalue weighted by molar-refractivity contribution is 0.0140. The summed E-state index contributed by atoms with van der Waals surface area (Å²) in [6.07, 6.45) is 9.05. The van der Waals surface area contributed by atoms with E-state index in [-0.39, 0.29) is 5.41 Å². The van der Waals surface area contributed by atoms with Crippen LogP contribution >= 0.6 is 0 Å². The van der Waals surface area contributed by atoms with E-state index in [1.165, 1.54) is 44.9 Å². The highest BCUT2D eigenvalue weighted by molar-refractivity contribution is 4.86. The highest BCUT2D eigenvalue weighted by Crippen LogP contribution is 2.36. The van der Waals surface area contributed by atoms with Crippen molar-refractivity contribution >= 4 is 0 Å². The van der Waals surface area contributed by atoms with Crippen LogP contribution < -0.4 is 5.32 Å². The molecule has 0 spiro atoms. The Morgan fingerprint density at radius 3 is 2.62 bits per heavy atom. The highest BCUT2D eigenvalue weighted by Gasteiger charge is 2.32. The van der Waals surface area contributed by atoms with Crippen LogP contribution in [0.2, 0.25) is 0 Å². The first-order chi connectivity index (χ1) is 7.85. The van der Waals surface area contributed by atoms with Crippen LogP contribution in [-0.2, 0) is 4.74 Å². The Bertz CT molecular complexity index is 196. The minimum Gasteiger partial charge on any atom is -0.396 e. The normalized spacial score (nSPS) is 29.4. The van der Waals surface area contributed by atoms with Crippen molar-refractivity contribution in [3.63, 3.8) is 0 Å². The van der Waals surface area contributed by atoms with Gasteiger partial charge in [-0.15, -0.1) is 0 Å². The van der Waals surface area contributed by atoms with Gasteiger partial charge in [-0.3, -0.25) is 0 Å². The summed E-state index contributed by atoms with van der Waals surface area (Å²) in [5.74, 6) is 0. The largest absolute Gasteiger partial charge is 0.396 e. The highest BCUT2D eigenvalue weighted by atomic mass is 16.5. The molecule has 0 aromatic heterocycles. The van der Waals surface area contributed by atoms with E-state index in [0.717, 1.165) is 19.7 Å². The molecule has 94 valence electrons. The van der Waals surface area contributed by atoms with E-state index >= 15 is 0 Å². The lowest BCUT2D eigenvalue weighted by Crippen LogP contribution is -2.40. The molecule has 3 heteroatoms. The molecule has 1 aliphatic heterocycles. The number of rotatable bonds is 5. The fourth-order valence-corrected chi connectivity index (χ4v) is 2.98. The second-order valence-corrected chi connectivity index (χ2v) is 5.48. The molecule has 2 rings (SSSR count). The predicted octanol–water partition coefficient (Wildman–Crippen LogP) is 1.70. The Morgan fingerprint density at radius 2 is 2.00 bits per heavy atom. The molecular formula is C13H25NO2. The van der Waals surface area contributed by atoms with Gasteiger partial charge in [0.2, 0.25) is 0 Å². The van der Waals surface area contributed by atoms with Gasteiger partial charge in [-0.25, -0.2) is 0 Å². The predicted molar refractivity (Wildman–Crippen MR) is 64.4 cm³/mol. The summed E-state index contributed by atoms with van der Waals surface area (Å²) >= 11 is 0. The Hall–Kier alpha value is -0.120. The number of aliphatic hydroxyl groups is 1. The number of ether oxygens (including phenoxy) is 1. The molecule has 2 aliphatic rings. The van der Waals surface area contributed by atoms with Gasteiger partial charge in [0.15, 0.2) is 0 Å². The average Bonchev–Trinajstić information content (AvgIpc) is 2.80. The van der Waals surface area contributed by atoms with E-state index in [2.05, 4.69) is 5.32 Å². The van der Waals surface area contributed by atoms with Crippen molar-refractivity contribution in [2.75, 3.05) is 26.3 Å². The number of hydrogen-bond acceptors (Lipinski definition) is 3. The smallest absolute Gasteiger partial charge is 0.0699 e. The molecule has 2 N–H and O–H groups in total. The molecule has 1 saturated heterocycles. The van der Waals surface area contributed by atoms with Gasteiger partial charge in [0.25, 0.3) is 0 Å². The van der Waals surface area contributed by atoms with E-state index in [9.17, 15) is 5.11 Å². The molecule has 3 nitrogen and oxygen atoms in total. The molecular weight excluding hydrogens is 202 g/mol. The molecule has 0 amide bonds. The summed E-state index contributed by atoms with van der Waals surface area (Å²) in [6, 6.07) is 0. The van der Waals surface area contributed by atoms with Crippen molar-refractivity contribution in [3.8, 4) is 0 Å². The van der Waals surface area contributed by atoms with Crippen molar-refractivity contribution < 1.29 is 9.84 Å². The lowest BCUT2D eigenvalue weighted by Gasteiger charge is -2.29. The molecule has 1 atom stereocenters. The van der Waals surface area contributed by atoms with E-state index in [1.807, 2.05) is 0 Å². The first kappa shape index (κ1) is 12.3. The summed E-state index contributed by atoms with van der Waals surface area (Å²) in [5.41, 5.74) is 0.175. The maximum atomic E-state index is 9.48. The summed E-state index contributed by atoms with van der Waals surface area (Å²) in [5, 5.41) is 13.0. The Balaban J connectivity index is 1.66. The quantitative estimate of drug-likeness (QED) is 0.751. The van der Waals surface area contributed by atoms with Crippen LogP contribution in [0.1, 0.15) is 44.9 Å². The van der Waals surface area contributed by atoms with Gasteiger partial charge in [0, 0.05) is 31.7 Å². The van der Waals surface area contributed by atoms with Crippen LogP contribution in [0.25, 0.3) is 0 Å².